The zero-order chi connectivity index (χ0) is 17.4. The van der Waals surface area contributed by atoms with Crippen LogP contribution in [0.5, 0.6) is 0 Å². The van der Waals surface area contributed by atoms with E-state index in [0.717, 1.165) is 18.7 Å². The Balaban J connectivity index is 0.00000196. The molecule has 2 heterocycles. The van der Waals surface area contributed by atoms with Crippen molar-refractivity contribution in [1.29, 1.82) is 0 Å². The van der Waals surface area contributed by atoms with Crippen LogP contribution < -0.4 is 10.6 Å². The van der Waals surface area contributed by atoms with Gasteiger partial charge in [0.2, 0.25) is 5.91 Å². The van der Waals surface area contributed by atoms with Crippen LogP contribution in [0.2, 0.25) is 5.02 Å². The van der Waals surface area contributed by atoms with Gasteiger partial charge in [-0.05, 0) is 48.4 Å². The van der Waals surface area contributed by atoms with Gasteiger partial charge in [0.05, 0.1) is 23.4 Å². The van der Waals surface area contributed by atoms with E-state index in [2.05, 4.69) is 26.2 Å². The number of rotatable bonds is 4. The van der Waals surface area contributed by atoms with Crippen molar-refractivity contribution in [2.24, 2.45) is 0 Å². The molecule has 1 aliphatic heterocycles. The van der Waals surface area contributed by atoms with Gasteiger partial charge in [0.15, 0.2) is 5.82 Å². The van der Waals surface area contributed by atoms with Crippen LogP contribution in [0.3, 0.4) is 0 Å². The minimum absolute atomic E-state index is 0. The first-order chi connectivity index (χ1) is 12.1. The van der Waals surface area contributed by atoms with Gasteiger partial charge in [-0.2, -0.15) is 4.68 Å². The van der Waals surface area contributed by atoms with Gasteiger partial charge in [-0.1, -0.05) is 11.6 Å². The molecule has 4 rings (SSSR count). The van der Waals surface area contributed by atoms with Crippen LogP contribution in [-0.4, -0.2) is 51.4 Å². The number of amides is 1. The van der Waals surface area contributed by atoms with E-state index >= 15 is 0 Å². The van der Waals surface area contributed by atoms with Gasteiger partial charge in [0.1, 0.15) is 6.04 Å². The molecule has 1 aromatic heterocycles. The number of nitrogens with zero attached hydrogens (tertiary/aromatic N) is 4. The first kappa shape index (κ1) is 19.0. The highest BCUT2D eigenvalue weighted by atomic mass is 35.5. The Bertz CT molecular complexity index is 795. The maximum atomic E-state index is 12.5. The summed E-state index contributed by atoms with van der Waals surface area (Å²) in [6.07, 6.45) is 1.99. The van der Waals surface area contributed by atoms with Crippen LogP contribution in [0.15, 0.2) is 18.2 Å². The second-order valence-electron chi connectivity index (χ2n) is 6.39. The van der Waals surface area contributed by atoms with E-state index in [0.29, 0.717) is 35.5 Å². The van der Waals surface area contributed by atoms with Gasteiger partial charge >= 0.3 is 0 Å². The smallest absolute Gasteiger partial charge is 0.244 e. The van der Waals surface area contributed by atoms with Crippen LogP contribution in [-0.2, 0) is 9.53 Å². The van der Waals surface area contributed by atoms with Crippen molar-refractivity contribution in [3.05, 3.63) is 29.0 Å². The number of morpholine rings is 1. The molecule has 26 heavy (non-hydrogen) atoms. The number of ether oxygens (including phenoxy) is 1. The Kier molecular flexibility index (Phi) is 5.76. The third kappa shape index (κ3) is 3.83. The first-order valence-corrected chi connectivity index (χ1v) is 8.75. The summed E-state index contributed by atoms with van der Waals surface area (Å²) in [5.41, 5.74) is 1.30. The van der Waals surface area contributed by atoms with Crippen molar-refractivity contribution < 1.29 is 9.53 Å². The number of aromatic nitrogens is 4. The zero-order valence-electron chi connectivity index (χ0n) is 14.2. The summed E-state index contributed by atoms with van der Waals surface area (Å²) in [6.45, 7) is 3.15. The van der Waals surface area contributed by atoms with E-state index in [9.17, 15) is 4.79 Å². The Hall–Kier alpha value is -1.74. The maximum absolute atomic E-state index is 12.5. The van der Waals surface area contributed by atoms with Gasteiger partial charge in [0, 0.05) is 18.2 Å². The van der Waals surface area contributed by atoms with Crippen molar-refractivity contribution in [1.82, 2.24) is 25.5 Å². The number of hydrogen-bond donors (Lipinski definition) is 2. The molecule has 1 aromatic carbocycles. The highest BCUT2D eigenvalue weighted by Crippen LogP contribution is 2.40. The summed E-state index contributed by atoms with van der Waals surface area (Å²) >= 11 is 6.33. The summed E-state index contributed by atoms with van der Waals surface area (Å²) in [6, 6.07) is 4.90. The predicted molar refractivity (Wildman–Crippen MR) is 99.2 cm³/mol. The minimum atomic E-state index is -0.386. The van der Waals surface area contributed by atoms with Crippen LogP contribution in [0.4, 0.5) is 5.69 Å². The second-order valence-corrected chi connectivity index (χ2v) is 6.79. The second kappa shape index (κ2) is 7.87. The number of benzene rings is 1. The van der Waals surface area contributed by atoms with Crippen LogP contribution >= 0.6 is 24.0 Å². The third-order valence-electron chi connectivity index (χ3n) is 4.48. The molecule has 140 valence electrons. The lowest BCUT2D eigenvalue weighted by Gasteiger charge is -2.29. The highest BCUT2D eigenvalue weighted by Gasteiger charge is 2.31. The molecule has 2 N–H and O–H groups in total. The molecule has 2 fully saturated rings. The van der Waals surface area contributed by atoms with E-state index < -0.39 is 0 Å². The Morgan fingerprint density at radius 2 is 2.23 bits per heavy atom. The number of hydrogen-bond acceptors (Lipinski definition) is 6. The van der Waals surface area contributed by atoms with Gasteiger partial charge in [-0.25, -0.2) is 0 Å². The number of carbonyl (C=O) groups excluding carboxylic acids is 1. The van der Waals surface area contributed by atoms with Crippen molar-refractivity contribution in [3.8, 4) is 5.69 Å². The molecule has 0 unspecified atom stereocenters. The highest BCUT2D eigenvalue weighted by molar-refractivity contribution is 6.32. The topological polar surface area (TPSA) is 94.0 Å². The Labute approximate surface area is 162 Å². The lowest BCUT2D eigenvalue weighted by atomic mass is 10.1. The third-order valence-corrected chi connectivity index (χ3v) is 4.80. The molecule has 0 spiro atoms. The standard InChI is InChI=1S/C16H19ClN6O2.ClH/c1-9-14(18-6-7-25-9)16(24)19-11-4-5-12(17)13(8-11)23-15(10-2-3-10)20-21-22-23;/h4-5,8-10,14,18H,2-3,6-7H2,1H3,(H,19,24);1H/t9-,14+;/m1./s1. The molecular formula is C16H20Cl2N6O2. The Morgan fingerprint density at radius 1 is 1.42 bits per heavy atom. The van der Waals surface area contributed by atoms with E-state index in [1.165, 1.54) is 0 Å². The summed E-state index contributed by atoms with van der Waals surface area (Å²) in [5.74, 6) is 1.05. The molecule has 1 aliphatic carbocycles. The molecule has 2 aromatic rings. The first-order valence-electron chi connectivity index (χ1n) is 8.37. The summed E-state index contributed by atoms with van der Waals surface area (Å²) < 4.78 is 7.18. The minimum Gasteiger partial charge on any atom is -0.375 e. The van der Waals surface area contributed by atoms with Crippen LogP contribution in [0.1, 0.15) is 31.5 Å². The molecule has 8 nitrogen and oxygen atoms in total. The molecule has 0 bridgehead atoms. The van der Waals surface area contributed by atoms with Gasteiger partial charge in [-0.15, -0.1) is 17.5 Å². The number of halogens is 2. The molecule has 10 heteroatoms. The van der Waals surface area contributed by atoms with Crippen LogP contribution in [0, 0.1) is 0 Å². The van der Waals surface area contributed by atoms with Crippen molar-refractivity contribution >= 4 is 35.6 Å². The number of carbonyl (C=O) groups is 1. The van der Waals surface area contributed by atoms with Gasteiger partial charge in [0.25, 0.3) is 0 Å². The predicted octanol–water partition coefficient (Wildman–Crippen LogP) is 1.93. The quantitative estimate of drug-likeness (QED) is 0.816. The van der Waals surface area contributed by atoms with Gasteiger partial charge in [-0.3, -0.25) is 4.79 Å². The van der Waals surface area contributed by atoms with Crippen molar-refractivity contribution in [2.75, 3.05) is 18.5 Å². The van der Waals surface area contributed by atoms with Gasteiger partial charge < -0.3 is 15.4 Å². The SMILES string of the molecule is C[C@H]1OCCN[C@@H]1C(=O)Nc1ccc(Cl)c(-n2nnnc2C2CC2)c1.Cl. The fourth-order valence-corrected chi connectivity index (χ4v) is 3.16. The molecule has 1 amide bonds. The lowest BCUT2D eigenvalue weighted by molar-refractivity contribution is -0.123. The van der Waals surface area contributed by atoms with E-state index in [1.807, 2.05) is 6.92 Å². The number of nitrogens with one attached hydrogen (secondary N) is 2. The molecule has 2 atom stereocenters. The summed E-state index contributed by atoms with van der Waals surface area (Å²) in [7, 11) is 0. The molecule has 0 radical (unpaired) electrons. The number of tetrazole rings is 1. The van der Waals surface area contributed by atoms with E-state index in [1.54, 1.807) is 22.9 Å². The molecular weight excluding hydrogens is 379 g/mol. The normalized spacial score (nSPS) is 22.5. The summed E-state index contributed by atoms with van der Waals surface area (Å²) in [5, 5.41) is 18.5. The molecule has 2 aliphatic rings. The fourth-order valence-electron chi connectivity index (χ4n) is 2.96. The van der Waals surface area contributed by atoms with E-state index in [-0.39, 0.29) is 30.5 Å². The molecule has 1 saturated carbocycles. The van der Waals surface area contributed by atoms with E-state index in [4.69, 9.17) is 16.3 Å². The van der Waals surface area contributed by atoms with Crippen molar-refractivity contribution in [2.45, 2.75) is 37.8 Å². The van der Waals surface area contributed by atoms with Crippen LogP contribution in [0.25, 0.3) is 5.69 Å². The average molecular weight is 399 g/mol. The fraction of sp³-hybridized carbons (Fsp3) is 0.500. The largest absolute Gasteiger partial charge is 0.375 e. The summed E-state index contributed by atoms with van der Waals surface area (Å²) in [4.78, 5) is 12.5. The molecule has 1 saturated heterocycles. The lowest BCUT2D eigenvalue weighted by Crippen LogP contribution is -2.53. The monoisotopic (exact) mass is 398 g/mol. The average Bonchev–Trinajstić information content (AvgIpc) is 3.34. The number of anilines is 1. The Morgan fingerprint density at radius 3 is 2.96 bits per heavy atom. The van der Waals surface area contributed by atoms with Crippen molar-refractivity contribution in [3.63, 3.8) is 0 Å². The maximum Gasteiger partial charge on any atom is 0.244 e. The zero-order valence-corrected chi connectivity index (χ0v) is 15.8.